The van der Waals surface area contributed by atoms with Crippen LogP contribution >= 0.6 is 0 Å². The Morgan fingerprint density at radius 3 is 2.85 bits per heavy atom. The van der Waals surface area contributed by atoms with Crippen LogP contribution in [0, 0.1) is 11.3 Å². The highest BCUT2D eigenvalue weighted by atomic mass is 19.3. The van der Waals surface area contributed by atoms with Crippen LogP contribution in [0.3, 0.4) is 0 Å². The Morgan fingerprint density at radius 1 is 1.62 bits per heavy atom. The Kier molecular flexibility index (Phi) is 2.59. The number of rotatable bonds is 2. The van der Waals surface area contributed by atoms with Crippen molar-refractivity contribution < 1.29 is 13.5 Å². The van der Waals surface area contributed by atoms with E-state index in [1.807, 2.05) is 0 Å². The van der Waals surface area contributed by atoms with Crippen LogP contribution in [0.5, 0.6) is 5.75 Å². The van der Waals surface area contributed by atoms with Crippen molar-refractivity contribution in [3.63, 3.8) is 0 Å². The van der Waals surface area contributed by atoms with Gasteiger partial charge in [-0.25, -0.2) is 4.98 Å². The first-order chi connectivity index (χ1) is 6.13. The molecule has 0 saturated heterocycles. The van der Waals surface area contributed by atoms with Crippen molar-refractivity contribution in [2.45, 2.75) is 6.61 Å². The number of nitrogens with zero attached hydrogens (tertiary/aromatic N) is 2. The molecule has 2 N–H and O–H groups in total. The van der Waals surface area contributed by atoms with Crippen LogP contribution in [0.2, 0.25) is 0 Å². The third-order valence-corrected chi connectivity index (χ3v) is 1.23. The van der Waals surface area contributed by atoms with Crippen LogP contribution in [-0.2, 0) is 0 Å². The van der Waals surface area contributed by atoms with Gasteiger partial charge in [0.15, 0.2) is 11.6 Å². The Hall–Kier alpha value is -1.90. The maximum Gasteiger partial charge on any atom is 0.387 e. The molecule has 0 saturated carbocycles. The van der Waals surface area contributed by atoms with E-state index >= 15 is 0 Å². The fourth-order valence-corrected chi connectivity index (χ4v) is 0.707. The van der Waals surface area contributed by atoms with Gasteiger partial charge < -0.3 is 10.5 Å². The number of ether oxygens (including phenoxy) is 1. The number of aromatic nitrogens is 1. The number of hydrogen-bond donors (Lipinski definition) is 1. The molecule has 0 aliphatic carbocycles. The van der Waals surface area contributed by atoms with E-state index in [0.29, 0.717) is 0 Å². The van der Waals surface area contributed by atoms with Crippen LogP contribution in [0.1, 0.15) is 5.56 Å². The summed E-state index contributed by atoms with van der Waals surface area (Å²) in [5.41, 5.74) is 5.33. The zero-order chi connectivity index (χ0) is 9.84. The van der Waals surface area contributed by atoms with Crippen LogP contribution in [0.15, 0.2) is 12.3 Å². The third-order valence-electron chi connectivity index (χ3n) is 1.23. The summed E-state index contributed by atoms with van der Waals surface area (Å²) in [5.74, 6) is -0.451. The second kappa shape index (κ2) is 3.67. The van der Waals surface area contributed by atoms with E-state index < -0.39 is 6.61 Å². The van der Waals surface area contributed by atoms with Gasteiger partial charge in [-0.2, -0.15) is 14.0 Å². The number of nitrogen functional groups attached to an aromatic ring is 1. The molecule has 0 radical (unpaired) electrons. The molecule has 0 fully saturated rings. The molecule has 68 valence electrons. The number of anilines is 1. The first-order valence-electron chi connectivity index (χ1n) is 3.24. The highest BCUT2D eigenvalue weighted by Crippen LogP contribution is 2.21. The molecule has 0 aromatic carbocycles. The Labute approximate surface area is 72.6 Å². The second-order valence-corrected chi connectivity index (χ2v) is 2.10. The fraction of sp³-hybridized carbons (Fsp3) is 0.143. The number of nitriles is 1. The van der Waals surface area contributed by atoms with Gasteiger partial charge in [0.2, 0.25) is 0 Å². The molecule has 6 heteroatoms. The normalized spacial score (nSPS) is 9.69. The minimum Gasteiger partial charge on any atom is -0.431 e. The van der Waals surface area contributed by atoms with Gasteiger partial charge in [-0.1, -0.05) is 0 Å². The van der Waals surface area contributed by atoms with Crippen molar-refractivity contribution in [3.05, 3.63) is 17.8 Å². The van der Waals surface area contributed by atoms with E-state index in [2.05, 4.69) is 9.72 Å². The zero-order valence-electron chi connectivity index (χ0n) is 6.37. The van der Waals surface area contributed by atoms with Crippen LogP contribution in [0.4, 0.5) is 14.6 Å². The summed E-state index contributed by atoms with van der Waals surface area (Å²) in [7, 11) is 0. The number of nitrogens with two attached hydrogens (primary N) is 1. The molecule has 0 amide bonds. The predicted octanol–water partition coefficient (Wildman–Crippen LogP) is 1.14. The minimum absolute atomic E-state index is 0.116. The molecule has 0 aliphatic rings. The molecule has 1 rings (SSSR count). The second-order valence-electron chi connectivity index (χ2n) is 2.10. The van der Waals surface area contributed by atoms with Crippen LogP contribution in [0.25, 0.3) is 0 Å². The van der Waals surface area contributed by atoms with E-state index in [1.165, 1.54) is 6.20 Å². The third kappa shape index (κ3) is 2.27. The summed E-state index contributed by atoms with van der Waals surface area (Å²) in [4.78, 5) is 3.50. The van der Waals surface area contributed by atoms with Gasteiger partial charge >= 0.3 is 6.61 Å². The summed E-state index contributed by atoms with van der Waals surface area (Å²) in [5, 5.41) is 8.41. The number of hydrogen-bond acceptors (Lipinski definition) is 4. The average molecular weight is 185 g/mol. The van der Waals surface area contributed by atoms with Gasteiger partial charge in [0.05, 0.1) is 5.56 Å². The molecule has 0 aliphatic heterocycles. The Bertz CT molecular complexity index is 348. The molecule has 0 unspecified atom stereocenters. The van der Waals surface area contributed by atoms with Crippen LogP contribution in [-0.4, -0.2) is 11.6 Å². The first-order valence-corrected chi connectivity index (χ1v) is 3.24. The average Bonchev–Trinajstić information content (AvgIpc) is 2.08. The van der Waals surface area contributed by atoms with Gasteiger partial charge in [0, 0.05) is 12.3 Å². The van der Waals surface area contributed by atoms with Gasteiger partial charge in [-0.15, -0.1) is 0 Å². The molecule has 1 heterocycles. The first kappa shape index (κ1) is 9.19. The number of halogens is 2. The largest absolute Gasteiger partial charge is 0.431 e. The molecule has 13 heavy (non-hydrogen) atoms. The summed E-state index contributed by atoms with van der Waals surface area (Å²) < 4.78 is 27.5. The summed E-state index contributed by atoms with van der Waals surface area (Å²) in [6, 6.07) is 2.83. The lowest BCUT2D eigenvalue weighted by atomic mass is 10.3. The molecule has 0 atom stereocenters. The molecular formula is C7H5F2N3O. The van der Waals surface area contributed by atoms with Crippen molar-refractivity contribution in [2.75, 3.05) is 5.73 Å². The van der Waals surface area contributed by atoms with E-state index in [0.717, 1.165) is 6.07 Å². The lowest BCUT2D eigenvalue weighted by Crippen LogP contribution is -2.05. The van der Waals surface area contributed by atoms with E-state index in [1.54, 1.807) is 6.07 Å². The lowest BCUT2D eigenvalue weighted by Gasteiger charge is -2.05. The highest BCUT2D eigenvalue weighted by Gasteiger charge is 2.09. The number of pyridine rings is 1. The van der Waals surface area contributed by atoms with E-state index in [4.69, 9.17) is 11.0 Å². The van der Waals surface area contributed by atoms with Gasteiger partial charge in [-0.3, -0.25) is 0 Å². The Balaban J connectivity index is 2.99. The molecule has 1 aromatic rings. The van der Waals surface area contributed by atoms with Crippen molar-refractivity contribution >= 4 is 5.82 Å². The fourth-order valence-electron chi connectivity index (χ4n) is 0.707. The highest BCUT2D eigenvalue weighted by molar-refractivity contribution is 5.49. The molecular weight excluding hydrogens is 180 g/mol. The maximum absolute atomic E-state index is 11.7. The Morgan fingerprint density at radius 2 is 2.31 bits per heavy atom. The SMILES string of the molecule is N#Cc1cnc(N)c(OC(F)F)c1. The van der Waals surface area contributed by atoms with Crippen molar-refractivity contribution in [2.24, 2.45) is 0 Å². The quantitative estimate of drug-likeness (QED) is 0.749. The van der Waals surface area contributed by atoms with Crippen molar-refractivity contribution in [1.29, 1.82) is 5.26 Å². The maximum atomic E-state index is 11.7. The predicted molar refractivity (Wildman–Crippen MR) is 40.0 cm³/mol. The molecule has 0 spiro atoms. The van der Waals surface area contributed by atoms with Gasteiger partial charge in [0.1, 0.15) is 6.07 Å². The minimum atomic E-state index is -2.97. The topological polar surface area (TPSA) is 71.9 Å². The number of alkyl halides is 2. The van der Waals surface area contributed by atoms with Gasteiger partial charge in [0.25, 0.3) is 0 Å². The zero-order valence-corrected chi connectivity index (χ0v) is 6.37. The smallest absolute Gasteiger partial charge is 0.387 e. The molecule has 4 nitrogen and oxygen atoms in total. The summed E-state index contributed by atoms with van der Waals surface area (Å²) in [6.07, 6.45) is 1.17. The van der Waals surface area contributed by atoms with E-state index in [9.17, 15) is 8.78 Å². The van der Waals surface area contributed by atoms with Gasteiger partial charge in [-0.05, 0) is 0 Å². The van der Waals surface area contributed by atoms with E-state index in [-0.39, 0.29) is 17.1 Å². The monoisotopic (exact) mass is 185 g/mol. The standard InChI is InChI=1S/C7H5F2N3O/c8-7(9)13-5-1-4(2-10)3-12-6(5)11/h1,3,7H,(H2,11,12). The van der Waals surface area contributed by atoms with Crippen LogP contribution < -0.4 is 10.5 Å². The lowest BCUT2D eigenvalue weighted by molar-refractivity contribution is -0.0495. The van der Waals surface area contributed by atoms with Crippen molar-refractivity contribution in [1.82, 2.24) is 4.98 Å². The molecule has 1 aromatic heterocycles. The van der Waals surface area contributed by atoms with Crippen molar-refractivity contribution in [3.8, 4) is 11.8 Å². The molecule has 0 bridgehead atoms. The summed E-state index contributed by atoms with van der Waals surface area (Å²) in [6.45, 7) is -2.97. The summed E-state index contributed by atoms with van der Waals surface area (Å²) >= 11 is 0.